The molecular weight excluding hydrogens is 308 g/mol. The summed E-state index contributed by atoms with van der Waals surface area (Å²) in [5.74, 6) is 0.985. The molecule has 0 saturated carbocycles. The van der Waals surface area contributed by atoms with Crippen molar-refractivity contribution >= 4 is 15.7 Å². The molecule has 0 spiro atoms. The van der Waals surface area contributed by atoms with E-state index in [-0.39, 0.29) is 6.04 Å². The van der Waals surface area contributed by atoms with Crippen LogP contribution in [0.25, 0.3) is 0 Å². The fourth-order valence-corrected chi connectivity index (χ4v) is 4.31. The van der Waals surface area contributed by atoms with Gasteiger partial charge in [-0.2, -0.15) is 0 Å². The summed E-state index contributed by atoms with van der Waals surface area (Å²) >= 11 is 0. The van der Waals surface area contributed by atoms with Gasteiger partial charge in [-0.3, -0.25) is 0 Å². The Morgan fingerprint density at radius 3 is 2.61 bits per heavy atom. The van der Waals surface area contributed by atoms with Gasteiger partial charge in [0.05, 0.1) is 0 Å². The number of sulfone groups is 1. The third kappa shape index (κ3) is 3.11. The molecule has 0 N–H and O–H groups in total. The zero-order valence-electron chi connectivity index (χ0n) is 13.7. The summed E-state index contributed by atoms with van der Waals surface area (Å²) in [5.41, 5.74) is 2.63. The number of nitrogens with zero attached hydrogens (tertiary/aromatic N) is 2. The predicted molar refractivity (Wildman–Crippen MR) is 92.7 cm³/mol. The number of pyridine rings is 1. The van der Waals surface area contributed by atoms with E-state index in [0.29, 0.717) is 16.6 Å². The van der Waals surface area contributed by atoms with Crippen LogP contribution >= 0.6 is 0 Å². The molecular formula is C18H22N2O2S. The number of hydrogen-bond acceptors (Lipinski definition) is 4. The topological polar surface area (TPSA) is 50.3 Å². The van der Waals surface area contributed by atoms with E-state index in [9.17, 15) is 8.42 Å². The van der Waals surface area contributed by atoms with E-state index in [1.54, 1.807) is 18.3 Å². The van der Waals surface area contributed by atoms with E-state index in [4.69, 9.17) is 0 Å². The molecule has 1 fully saturated rings. The molecule has 1 aliphatic heterocycles. The fourth-order valence-electron chi connectivity index (χ4n) is 3.48. The second kappa shape index (κ2) is 5.96. The van der Waals surface area contributed by atoms with E-state index in [2.05, 4.69) is 48.0 Å². The summed E-state index contributed by atoms with van der Waals surface area (Å²) in [7, 11) is -3.29. The van der Waals surface area contributed by atoms with Crippen LogP contribution < -0.4 is 4.90 Å². The maximum atomic E-state index is 12.1. The van der Waals surface area contributed by atoms with Crippen LogP contribution in [0.2, 0.25) is 0 Å². The smallest absolute Gasteiger partial charge is 0.179 e. The molecule has 2 heterocycles. The highest BCUT2D eigenvalue weighted by Crippen LogP contribution is 2.37. The summed E-state index contributed by atoms with van der Waals surface area (Å²) in [6, 6.07) is 12.0. The largest absolute Gasteiger partial charge is 0.352 e. The van der Waals surface area contributed by atoms with Crippen molar-refractivity contribution in [3.8, 4) is 0 Å². The minimum Gasteiger partial charge on any atom is -0.352 e. The summed E-state index contributed by atoms with van der Waals surface area (Å²) in [5, 5.41) is 0. The van der Waals surface area contributed by atoms with Crippen LogP contribution in [0.4, 0.5) is 5.82 Å². The van der Waals surface area contributed by atoms with E-state index < -0.39 is 9.84 Å². The molecule has 2 unspecified atom stereocenters. The van der Waals surface area contributed by atoms with Crippen LogP contribution in [0, 0.1) is 6.92 Å². The molecule has 122 valence electrons. The van der Waals surface area contributed by atoms with Gasteiger partial charge >= 0.3 is 0 Å². The maximum absolute atomic E-state index is 12.1. The van der Waals surface area contributed by atoms with Gasteiger partial charge in [-0.05, 0) is 43.5 Å². The van der Waals surface area contributed by atoms with Gasteiger partial charge in [-0.25, -0.2) is 13.4 Å². The van der Waals surface area contributed by atoms with Crippen molar-refractivity contribution in [2.75, 3.05) is 17.7 Å². The Hall–Kier alpha value is -1.88. The van der Waals surface area contributed by atoms with Crippen molar-refractivity contribution in [1.29, 1.82) is 0 Å². The molecule has 0 radical (unpaired) electrons. The Balaban J connectivity index is 1.96. The molecule has 2 atom stereocenters. The van der Waals surface area contributed by atoms with Crippen LogP contribution in [0.1, 0.15) is 30.4 Å². The quantitative estimate of drug-likeness (QED) is 0.867. The number of aryl methyl sites for hydroxylation is 1. The standard InChI is InChI=1S/C18H22N2O2S/c1-13-7-4-5-8-16(13)15-11-14(2)20(12-15)18-17(23(3,21)22)9-6-10-19-18/h4-10,14-15H,11-12H2,1-3H3. The van der Waals surface area contributed by atoms with E-state index >= 15 is 0 Å². The van der Waals surface area contributed by atoms with Crippen LogP contribution in [-0.4, -0.2) is 32.2 Å². The third-order valence-corrected chi connectivity index (χ3v) is 5.74. The van der Waals surface area contributed by atoms with E-state index in [1.165, 1.54) is 17.4 Å². The van der Waals surface area contributed by atoms with Crippen molar-refractivity contribution in [2.24, 2.45) is 0 Å². The van der Waals surface area contributed by atoms with Gasteiger partial charge in [0.1, 0.15) is 10.7 Å². The monoisotopic (exact) mass is 330 g/mol. The number of aromatic nitrogens is 1. The average molecular weight is 330 g/mol. The number of benzene rings is 1. The highest BCUT2D eigenvalue weighted by atomic mass is 32.2. The second-order valence-electron chi connectivity index (χ2n) is 6.39. The van der Waals surface area contributed by atoms with Crippen molar-refractivity contribution in [3.05, 3.63) is 53.7 Å². The van der Waals surface area contributed by atoms with Gasteiger partial charge < -0.3 is 4.90 Å². The first-order chi connectivity index (χ1) is 10.9. The zero-order chi connectivity index (χ0) is 16.6. The molecule has 1 saturated heterocycles. The van der Waals surface area contributed by atoms with Gasteiger partial charge in [0.15, 0.2) is 9.84 Å². The number of rotatable bonds is 3. The summed E-state index contributed by atoms with van der Waals surface area (Å²) < 4.78 is 24.1. The number of anilines is 1. The average Bonchev–Trinajstić information content (AvgIpc) is 2.88. The molecule has 1 aromatic carbocycles. The van der Waals surface area contributed by atoms with Crippen LogP contribution in [0.5, 0.6) is 0 Å². The zero-order valence-corrected chi connectivity index (χ0v) is 14.5. The minimum atomic E-state index is -3.29. The minimum absolute atomic E-state index is 0.259. The van der Waals surface area contributed by atoms with Crippen LogP contribution in [-0.2, 0) is 9.84 Å². The van der Waals surface area contributed by atoms with E-state index in [0.717, 1.165) is 13.0 Å². The Bertz CT molecular complexity index is 817. The summed E-state index contributed by atoms with van der Waals surface area (Å²) in [4.78, 5) is 6.82. The van der Waals surface area contributed by atoms with Gasteiger partial charge in [0.2, 0.25) is 0 Å². The van der Waals surface area contributed by atoms with Crippen molar-refractivity contribution < 1.29 is 8.42 Å². The summed E-state index contributed by atoms with van der Waals surface area (Å²) in [6.45, 7) is 5.07. The highest BCUT2D eigenvalue weighted by Gasteiger charge is 2.33. The van der Waals surface area contributed by atoms with Crippen molar-refractivity contribution in [3.63, 3.8) is 0 Å². The molecule has 4 nitrogen and oxygen atoms in total. The maximum Gasteiger partial charge on any atom is 0.179 e. The molecule has 0 bridgehead atoms. The van der Waals surface area contributed by atoms with Crippen molar-refractivity contribution in [1.82, 2.24) is 4.98 Å². The van der Waals surface area contributed by atoms with Gasteiger partial charge in [-0.15, -0.1) is 0 Å². The SMILES string of the molecule is Cc1ccccc1C1CC(C)N(c2ncccc2S(C)(=O)=O)C1. The Morgan fingerprint density at radius 1 is 1.17 bits per heavy atom. The Morgan fingerprint density at radius 2 is 1.91 bits per heavy atom. The Labute approximate surface area is 138 Å². The molecule has 3 rings (SSSR count). The first-order valence-electron chi connectivity index (χ1n) is 7.85. The van der Waals surface area contributed by atoms with Crippen LogP contribution in [0.3, 0.4) is 0 Å². The molecule has 1 aliphatic rings. The van der Waals surface area contributed by atoms with Gasteiger partial charge in [0, 0.05) is 31.0 Å². The predicted octanol–water partition coefficient (Wildman–Crippen LogP) is 3.18. The highest BCUT2D eigenvalue weighted by molar-refractivity contribution is 7.90. The van der Waals surface area contributed by atoms with E-state index in [1.807, 2.05) is 0 Å². The molecule has 2 aromatic rings. The normalized spacial score (nSPS) is 21.6. The molecule has 0 amide bonds. The van der Waals surface area contributed by atoms with Crippen LogP contribution in [0.15, 0.2) is 47.5 Å². The summed E-state index contributed by atoms with van der Waals surface area (Å²) in [6.07, 6.45) is 3.91. The third-order valence-electron chi connectivity index (χ3n) is 4.63. The van der Waals surface area contributed by atoms with Gasteiger partial charge in [-0.1, -0.05) is 24.3 Å². The molecule has 1 aromatic heterocycles. The number of hydrogen-bond donors (Lipinski definition) is 0. The molecule has 5 heteroatoms. The Kier molecular flexibility index (Phi) is 4.15. The molecule has 0 aliphatic carbocycles. The lowest BCUT2D eigenvalue weighted by Gasteiger charge is -2.24. The lowest BCUT2D eigenvalue weighted by molar-refractivity contribution is 0.600. The first kappa shape index (κ1) is 16.0. The first-order valence-corrected chi connectivity index (χ1v) is 9.74. The van der Waals surface area contributed by atoms with Crippen molar-refractivity contribution in [2.45, 2.75) is 37.1 Å². The second-order valence-corrected chi connectivity index (χ2v) is 8.37. The fraction of sp³-hybridized carbons (Fsp3) is 0.389. The lowest BCUT2D eigenvalue weighted by Crippen LogP contribution is -2.29. The lowest BCUT2D eigenvalue weighted by atomic mass is 9.93. The molecule has 23 heavy (non-hydrogen) atoms. The van der Waals surface area contributed by atoms with Gasteiger partial charge in [0.25, 0.3) is 0 Å².